The number of benzene rings is 1. The van der Waals surface area contributed by atoms with E-state index in [-0.39, 0.29) is 29.1 Å². The van der Waals surface area contributed by atoms with Gasteiger partial charge in [0.2, 0.25) is 0 Å². The largest absolute Gasteiger partial charge is 0.416 e. The molecule has 2 aromatic rings. The van der Waals surface area contributed by atoms with Crippen molar-refractivity contribution < 1.29 is 35.9 Å². The number of nitrogens with one attached hydrogen (secondary N) is 1. The van der Waals surface area contributed by atoms with Gasteiger partial charge in [-0.1, -0.05) is 6.58 Å². The highest BCUT2D eigenvalue weighted by molar-refractivity contribution is 6.28. The summed E-state index contributed by atoms with van der Waals surface area (Å²) in [5.41, 5.74) is -3.60. The molecule has 2 amide bonds. The number of anilines is 1. The number of aliphatic imine (C=N–C) groups is 2. The SMILES string of the molecule is C=C1C(=O)N=C(n2nc(C)cc2NC(=O)c2cc(C(F)(F)F)cc(C(F)(F)F)c2)N=C1C. The van der Waals surface area contributed by atoms with Crippen LogP contribution in [0.25, 0.3) is 0 Å². The summed E-state index contributed by atoms with van der Waals surface area (Å²) in [5, 5.41) is 6.20. The van der Waals surface area contributed by atoms with E-state index in [1.807, 2.05) is 0 Å². The van der Waals surface area contributed by atoms with Crippen LogP contribution < -0.4 is 5.32 Å². The lowest BCUT2D eigenvalue weighted by atomic mass is 10.0. The highest BCUT2D eigenvalue weighted by Gasteiger charge is 2.37. The number of carbonyl (C=O) groups excluding carboxylic acids is 2. The first kappa shape index (κ1) is 22.9. The van der Waals surface area contributed by atoms with Gasteiger partial charge >= 0.3 is 12.4 Å². The number of aryl methyl sites for hydroxylation is 1. The van der Waals surface area contributed by atoms with Gasteiger partial charge in [0, 0.05) is 11.6 Å². The maximum Gasteiger partial charge on any atom is 0.416 e. The van der Waals surface area contributed by atoms with E-state index in [1.165, 1.54) is 19.9 Å². The zero-order valence-corrected chi connectivity index (χ0v) is 16.4. The van der Waals surface area contributed by atoms with Crippen molar-refractivity contribution in [1.29, 1.82) is 0 Å². The van der Waals surface area contributed by atoms with Crippen molar-refractivity contribution in [1.82, 2.24) is 9.78 Å². The third-order valence-corrected chi connectivity index (χ3v) is 4.28. The predicted octanol–water partition coefficient (Wildman–Crippen LogP) is 4.24. The van der Waals surface area contributed by atoms with E-state index >= 15 is 0 Å². The fourth-order valence-electron chi connectivity index (χ4n) is 2.67. The monoisotopic (exact) mass is 457 g/mol. The Morgan fingerprint density at radius 2 is 1.53 bits per heavy atom. The summed E-state index contributed by atoms with van der Waals surface area (Å²) in [6.45, 7) is 6.48. The summed E-state index contributed by atoms with van der Waals surface area (Å²) in [7, 11) is 0. The van der Waals surface area contributed by atoms with Crippen molar-refractivity contribution in [2.75, 3.05) is 5.32 Å². The van der Waals surface area contributed by atoms with Gasteiger partial charge in [-0.15, -0.1) is 0 Å². The molecule has 13 heteroatoms. The summed E-state index contributed by atoms with van der Waals surface area (Å²) >= 11 is 0. The molecule has 1 aliphatic rings. The molecule has 0 spiro atoms. The molecule has 1 aromatic carbocycles. The second kappa shape index (κ2) is 7.73. The molecule has 32 heavy (non-hydrogen) atoms. The minimum absolute atomic E-state index is 0.0341. The number of nitrogens with zero attached hydrogens (tertiary/aromatic N) is 4. The molecule has 0 radical (unpaired) electrons. The summed E-state index contributed by atoms with van der Waals surface area (Å²) in [6.07, 6.45) is -10.2. The van der Waals surface area contributed by atoms with Crippen molar-refractivity contribution in [3.8, 4) is 0 Å². The third kappa shape index (κ3) is 4.60. The Morgan fingerprint density at radius 1 is 0.969 bits per heavy atom. The number of carbonyl (C=O) groups is 2. The molecule has 0 unspecified atom stereocenters. The van der Waals surface area contributed by atoms with Crippen LogP contribution in [-0.4, -0.2) is 33.3 Å². The van der Waals surface area contributed by atoms with Crippen LogP contribution in [0.1, 0.15) is 34.1 Å². The van der Waals surface area contributed by atoms with Gasteiger partial charge < -0.3 is 5.32 Å². The highest BCUT2D eigenvalue weighted by Crippen LogP contribution is 2.36. The van der Waals surface area contributed by atoms with E-state index in [1.54, 1.807) is 0 Å². The zero-order valence-electron chi connectivity index (χ0n) is 16.4. The van der Waals surface area contributed by atoms with E-state index in [0.717, 1.165) is 4.68 Å². The van der Waals surface area contributed by atoms with Crippen LogP contribution in [-0.2, 0) is 17.1 Å². The minimum Gasteiger partial charge on any atom is -0.306 e. The lowest BCUT2D eigenvalue weighted by Gasteiger charge is -2.15. The molecular weight excluding hydrogens is 444 g/mol. The zero-order chi connectivity index (χ0) is 24.0. The number of rotatable bonds is 2. The predicted molar refractivity (Wildman–Crippen MR) is 101 cm³/mol. The topological polar surface area (TPSA) is 88.7 Å². The molecule has 0 atom stereocenters. The van der Waals surface area contributed by atoms with Gasteiger partial charge in [-0.25, -0.2) is 4.99 Å². The Bertz CT molecular complexity index is 1170. The molecule has 1 aromatic heterocycles. The molecule has 0 saturated carbocycles. The molecule has 7 nitrogen and oxygen atoms in total. The van der Waals surface area contributed by atoms with E-state index in [2.05, 4.69) is 27.0 Å². The molecule has 3 rings (SSSR count). The number of amides is 2. The first-order valence-corrected chi connectivity index (χ1v) is 8.72. The average molecular weight is 457 g/mol. The Balaban J connectivity index is 2.02. The molecule has 1 aliphatic heterocycles. The van der Waals surface area contributed by atoms with Gasteiger partial charge in [0.15, 0.2) is 0 Å². The first-order chi connectivity index (χ1) is 14.7. The molecule has 0 saturated heterocycles. The van der Waals surface area contributed by atoms with Crippen molar-refractivity contribution in [2.45, 2.75) is 26.2 Å². The highest BCUT2D eigenvalue weighted by atomic mass is 19.4. The van der Waals surface area contributed by atoms with Gasteiger partial charge in [0.25, 0.3) is 17.8 Å². The first-order valence-electron chi connectivity index (χ1n) is 8.72. The van der Waals surface area contributed by atoms with Crippen LogP contribution in [0.3, 0.4) is 0 Å². The maximum atomic E-state index is 13.1. The van der Waals surface area contributed by atoms with Gasteiger partial charge in [-0.2, -0.15) is 41.1 Å². The number of hydrogen-bond acceptors (Lipinski definition) is 4. The van der Waals surface area contributed by atoms with Crippen LogP contribution in [0.4, 0.5) is 32.2 Å². The molecule has 0 aliphatic carbocycles. The molecular formula is C19H13F6N5O2. The van der Waals surface area contributed by atoms with E-state index in [9.17, 15) is 35.9 Å². The number of alkyl halides is 6. The van der Waals surface area contributed by atoms with Crippen LogP contribution in [0.2, 0.25) is 0 Å². The Morgan fingerprint density at radius 3 is 2.03 bits per heavy atom. The number of hydrogen-bond donors (Lipinski definition) is 1. The Labute approximate surface area is 176 Å². The maximum absolute atomic E-state index is 13.1. The van der Waals surface area contributed by atoms with E-state index in [0.29, 0.717) is 17.8 Å². The van der Waals surface area contributed by atoms with Crippen molar-refractivity contribution >= 4 is 29.3 Å². The Kier molecular flexibility index (Phi) is 5.53. The molecule has 1 N–H and O–H groups in total. The second-order valence-corrected chi connectivity index (χ2v) is 6.72. The summed E-state index contributed by atoms with van der Waals surface area (Å²) in [4.78, 5) is 32.2. The van der Waals surface area contributed by atoms with Gasteiger partial charge in [-0.05, 0) is 32.0 Å². The standard InChI is InChI=1S/C19H13F6N5O2/c1-8-4-14(30(29-8)17-26-10(3)9(2)15(31)28-17)27-16(32)11-5-12(18(20,21)22)7-13(6-11)19(23,24)25/h4-7H,2H2,1,3H3,(H,27,32). The normalized spacial score (nSPS) is 14.9. The van der Waals surface area contributed by atoms with Crippen LogP contribution in [0.15, 0.2) is 46.4 Å². The van der Waals surface area contributed by atoms with Crippen LogP contribution >= 0.6 is 0 Å². The fourth-order valence-corrected chi connectivity index (χ4v) is 2.67. The number of aromatic nitrogens is 2. The average Bonchev–Trinajstić information content (AvgIpc) is 3.04. The summed E-state index contributed by atoms with van der Waals surface area (Å²) in [5.74, 6) is -2.42. The molecule has 168 valence electrons. The van der Waals surface area contributed by atoms with Crippen molar-refractivity contribution in [3.05, 3.63) is 58.8 Å². The quantitative estimate of drug-likeness (QED) is 0.541. The molecule has 0 bridgehead atoms. The lowest BCUT2D eigenvalue weighted by Crippen LogP contribution is -2.25. The van der Waals surface area contributed by atoms with Crippen molar-refractivity contribution in [2.24, 2.45) is 9.98 Å². The lowest BCUT2D eigenvalue weighted by molar-refractivity contribution is -0.143. The van der Waals surface area contributed by atoms with Crippen LogP contribution in [0.5, 0.6) is 0 Å². The molecule has 0 fully saturated rings. The second-order valence-electron chi connectivity index (χ2n) is 6.72. The third-order valence-electron chi connectivity index (χ3n) is 4.28. The Hall–Kier alpha value is -3.77. The van der Waals surface area contributed by atoms with E-state index < -0.39 is 40.9 Å². The molecule has 2 heterocycles. The van der Waals surface area contributed by atoms with Gasteiger partial charge in [0.05, 0.1) is 28.1 Å². The van der Waals surface area contributed by atoms with Crippen molar-refractivity contribution in [3.63, 3.8) is 0 Å². The minimum atomic E-state index is -5.11. The summed E-state index contributed by atoms with van der Waals surface area (Å²) < 4.78 is 79.3. The van der Waals surface area contributed by atoms with Gasteiger partial charge in [0.1, 0.15) is 5.82 Å². The fraction of sp³-hybridized carbons (Fsp3) is 0.211. The van der Waals surface area contributed by atoms with E-state index in [4.69, 9.17) is 0 Å². The number of halogens is 6. The van der Waals surface area contributed by atoms with Gasteiger partial charge in [-0.3, -0.25) is 9.59 Å². The van der Waals surface area contributed by atoms with Crippen LogP contribution in [0, 0.1) is 6.92 Å². The summed E-state index contributed by atoms with van der Waals surface area (Å²) in [6, 6.07) is 1.79. The smallest absolute Gasteiger partial charge is 0.306 e.